The highest BCUT2D eigenvalue weighted by molar-refractivity contribution is 7.98. The van der Waals surface area contributed by atoms with Gasteiger partial charge >= 0.3 is 0 Å². The second kappa shape index (κ2) is 6.46. The smallest absolute Gasteiger partial charge is 0.214 e. The first-order valence-corrected chi connectivity index (χ1v) is 8.09. The molecule has 112 valence electrons. The summed E-state index contributed by atoms with van der Waals surface area (Å²) in [4.78, 5) is 4.08. The molecule has 1 aromatic carbocycles. The van der Waals surface area contributed by atoms with E-state index in [2.05, 4.69) is 46.5 Å². The van der Waals surface area contributed by atoms with Crippen LogP contribution in [0.15, 0.2) is 41.7 Å². The summed E-state index contributed by atoms with van der Waals surface area (Å²) in [6, 6.07) is 9.88. The lowest BCUT2D eigenvalue weighted by molar-refractivity contribution is 0.747. The number of tetrazole rings is 1. The Bertz CT molecular complexity index is 765. The summed E-state index contributed by atoms with van der Waals surface area (Å²) in [6.07, 6.45) is 1.77. The third kappa shape index (κ3) is 3.13. The van der Waals surface area contributed by atoms with E-state index in [4.69, 9.17) is 11.6 Å². The van der Waals surface area contributed by atoms with Crippen LogP contribution in [0.5, 0.6) is 0 Å². The van der Waals surface area contributed by atoms with Crippen molar-refractivity contribution in [2.45, 2.75) is 24.8 Å². The monoisotopic (exact) mass is 331 g/mol. The molecule has 3 rings (SSSR count). The molecule has 2 aromatic heterocycles. The van der Waals surface area contributed by atoms with Crippen LogP contribution in [0.25, 0.3) is 5.69 Å². The zero-order chi connectivity index (χ0) is 15.5. The van der Waals surface area contributed by atoms with E-state index in [1.54, 1.807) is 28.7 Å². The third-order valence-electron chi connectivity index (χ3n) is 3.25. The Morgan fingerprint density at radius 1 is 1.14 bits per heavy atom. The van der Waals surface area contributed by atoms with Gasteiger partial charge in [0.15, 0.2) is 0 Å². The van der Waals surface area contributed by atoms with Gasteiger partial charge in [0.2, 0.25) is 5.16 Å². The number of halogens is 1. The summed E-state index contributed by atoms with van der Waals surface area (Å²) in [7, 11) is 0. The van der Waals surface area contributed by atoms with Crippen LogP contribution in [0.4, 0.5) is 0 Å². The molecule has 0 aliphatic heterocycles. The van der Waals surface area contributed by atoms with Crippen molar-refractivity contribution in [3.8, 4) is 5.69 Å². The number of benzene rings is 1. The molecule has 0 saturated carbocycles. The van der Waals surface area contributed by atoms with Crippen molar-refractivity contribution in [3.05, 3.63) is 58.4 Å². The fourth-order valence-corrected chi connectivity index (χ4v) is 3.11. The average Bonchev–Trinajstić information content (AvgIpc) is 2.95. The van der Waals surface area contributed by atoms with E-state index >= 15 is 0 Å². The predicted molar refractivity (Wildman–Crippen MR) is 87.4 cm³/mol. The molecule has 0 bridgehead atoms. The third-order valence-corrected chi connectivity index (χ3v) is 4.46. The Balaban J connectivity index is 1.85. The summed E-state index contributed by atoms with van der Waals surface area (Å²) in [5.74, 6) is 0.732. The van der Waals surface area contributed by atoms with Gasteiger partial charge < -0.3 is 0 Å². The predicted octanol–water partition coefficient (Wildman–Crippen LogP) is 3.62. The first kappa shape index (κ1) is 15.0. The van der Waals surface area contributed by atoms with Crippen molar-refractivity contribution < 1.29 is 0 Å². The van der Waals surface area contributed by atoms with Crippen molar-refractivity contribution in [2.75, 3.05) is 0 Å². The molecule has 0 aliphatic carbocycles. The Kier molecular flexibility index (Phi) is 4.40. The minimum Gasteiger partial charge on any atom is -0.244 e. The number of nitrogens with zero attached hydrogens (tertiary/aromatic N) is 5. The number of para-hydroxylation sites is 1. The van der Waals surface area contributed by atoms with Gasteiger partial charge in [-0.2, -0.15) is 4.68 Å². The van der Waals surface area contributed by atoms with E-state index in [-0.39, 0.29) is 0 Å². The zero-order valence-corrected chi connectivity index (χ0v) is 13.8. The fraction of sp³-hybridized carbons (Fsp3) is 0.200. The largest absolute Gasteiger partial charge is 0.244 e. The minimum atomic E-state index is 0.495. The van der Waals surface area contributed by atoms with Gasteiger partial charge in [-0.25, -0.2) is 4.98 Å². The van der Waals surface area contributed by atoms with Crippen LogP contribution in [-0.4, -0.2) is 25.2 Å². The van der Waals surface area contributed by atoms with Gasteiger partial charge in [-0.1, -0.05) is 47.6 Å². The number of pyridine rings is 1. The Morgan fingerprint density at radius 2 is 1.91 bits per heavy atom. The van der Waals surface area contributed by atoms with Crippen molar-refractivity contribution in [1.82, 2.24) is 25.2 Å². The maximum atomic E-state index is 5.80. The first-order valence-electron chi connectivity index (χ1n) is 6.73. The lowest BCUT2D eigenvalue weighted by Gasteiger charge is -2.10. The molecule has 0 amide bonds. The lowest BCUT2D eigenvalue weighted by atomic mass is 10.1. The molecule has 22 heavy (non-hydrogen) atoms. The molecule has 0 aliphatic rings. The molecular formula is C15H14ClN5S. The first-order chi connectivity index (χ1) is 10.6. The van der Waals surface area contributed by atoms with Crippen LogP contribution in [-0.2, 0) is 5.75 Å². The van der Waals surface area contributed by atoms with E-state index in [9.17, 15) is 0 Å². The average molecular weight is 332 g/mol. The Morgan fingerprint density at radius 3 is 2.59 bits per heavy atom. The summed E-state index contributed by atoms with van der Waals surface area (Å²) >= 11 is 7.37. The van der Waals surface area contributed by atoms with E-state index in [0.29, 0.717) is 5.15 Å². The van der Waals surface area contributed by atoms with Crippen molar-refractivity contribution in [2.24, 2.45) is 0 Å². The summed E-state index contributed by atoms with van der Waals surface area (Å²) < 4.78 is 1.79. The van der Waals surface area contributed by atoms with E-state index < -0.39 is 0 Å². The molecule has 0 spiro atoms. The molecule has 0 N–H and O–H groups in total. The highest BCUT2D eigenvalue weighted by Crippen LogP contribution is 2.25. The molecule has 3 aromatic rings. The molecule has 2 heterocycles. The lowest BCUT2D eigenvalue weighted by Crippen LogP contribution is -2.04. The van der Waals surface area contributed by atoms with E-state index in [1.165, 1.54) is 0 Å². The molecule has 7 heteroatoms. The molecule has 0 radical (unpaired) electrons. The summed E-state index contributed by atoms with van der Waals surface area (Å²) in [5.41, 5.74) is 4.39. The topological polar surface area (TPSA) is 56.5 Å². The second-order valence-electron chi connectivity index (χ2n) is 4.89. The van der Waals surface area contributed by atoms with E-state index in [0.717, 1.165) is 33.3 Å². The van der Waals surface area contributed by atoms with Gasteiger partial charge in [0.25, 0.3) is 0 Å². The van der Waals surface area contributed by atoms with Crippen molar-refractivity contribution in [3.63, 3.8) is 0 Å². The fourth-order valence-electron chi connectivity index (χ4n) is 2.19. The maximum Gasteiger partial charge on any atom is 0.214 e. The number of thioether (sulfide) groups is 1. The summed E-state index contributed by atoms with van der Waals surface area (Å²) in [5, 5.41) is 13.3. The van der Waals surface area contributed by atoms with Gasteiger partial charge in [0.05, 0.1) is 5.69 Å². The van der Waals surface area contributed by atoms with Gasteiger partial charge in [0.1, 0.15) is 5.15 Å². The molecule has 0 atom stereocenters. The van der Waals surface area contributed by atoms with Crippen LogP contribution in [0.2, 0.25) is 5.15 Å². The Hall–Kier alpha value is -1.92. The molecule has 5 nitrogen and oxygen atoms in total. The number of aryl methyl sites for hydroxylation is 2. The molecule has 0 unspecified atom stereocenters. The van der Waals surface area contributed by atoms with Gasteiger partial charge in [-0.15, -0.1) is 5.10 Å². The quantitative estimate of drug-likeness (QED) is 0.540. The maximum absolute atomic E-state index is 5.80. The number of aromatic nitrogens is 5. The second-order valence-corrected chi connectivity index (χ2v) is 6.22. The normalized spacial score (nSPS) is 10.9. The number of rotatable bonds is 4. The van der Waals surface area contributed by atoms with E-state index in [1.807, 2.05) is 12.1 Å². The van der Waals surface area contributed by atoms with Gasteiger partial charge in [-0.05, 0) is 47.0 Å². The molecular weight excluding hydrogens is 318 g/mol. The molecule has 0 saturated heterocycles. The van der Waals surface area contributed by atoms with Crippen LogP contribution in [0, 0.1) is 13.8 Å². The molecule has 0 fully saturated rings. The highest BCUT2D eigenvalue weighted by atomic mass is 35.5. The minimum absolute atomic E-state index is 0.495. The SMILES string of the molecule is Cc1cccc(C)c1-n1nnnc1SCc1ccc(Cl)nc1. The highest BCUT2D eigenvalue weighted by Gasteiger charge is 2.13. The number of hydrogen-bond acceptors (Lipinski definition) is 5. The Labute approximate surface area is 137 Å². The van der Waals surface area contributed by atoms with Crippen LogP contribution < -0.4 is 0 Å². The van der Waals surface area contributed by atoms with Crippen molar-refractivity contribution >= 4 is 23.4 Å². The number of hydrogen-bond donors (Lipinski definition) is 0. The standard InChI is InChI=1S/C15H14ClN5S/c1-10-4-3-5-11(2)14(10)21-15(18-19-20-21)22-9-12-6-7-13(16)17-8-12/h3-8H,9H2,1-2H3. The van der Waals surface area contributed by atoms with Crippen LogP contribution in [0.3, 0.4) is 0 Å². The van der Waals surface area contributed by atoms with Crippen LogP contribution >= 0.6 is 23.4 Å². The summed E-state index contributed by atoms with van der Waals surface area (Å²) in [6.45, 7) is 4.11. The van der Waals surface area contributed by atoms with Crippen molar-refractivity contribution in [1.29, 1.82) is 0 Å². The van der Waals surface area contributed by atoms with Gasteiger partial charge in [-0.3, -0.25) is 0 Å². The zero-order valence-electron chi connectivity index (χ0n) is 12.2. The van der Waals surface area contributed by atoms with Crippen LogP contribution in [0.1, 0.15) is 16.7 Å². The van der Waals surface area contributed by atoms with Gasteiger partial charge in [0, 0.05) is 11.9 Å².